The van der Waals surface area contributed by atoms with Crippen LogP contribution < -0.4 is 11.3 Å². The number of rotatable bonds is 4. The van der Waals surface area contributed by atoms with Crippen molar-refractivity contribution in [1.82, 2.24) is 5.43 Å². The maximum Gasteiger partial charge on any atom is 0.142 e. The number of hydrogen-bond donors (Lipinski definition) is 2. The molecule has 1 aliphatic heterocycles. The Labute approximate surface area is 111 Å². The first kappa shape index (κ1) is 13.7. The van der Waals surface area contributed by atoms with Crippen LogP contribution in [0, 0.1) is 11.7 Å². The molecule has 0 saturated carbocycles. The monoisotopic (exact) mass is 272 g/mol. The van der Waals surface area contributed by atoms with Gasteiger partial charge in [0, 0.05) is 18.6 Å². The first-order valence-electron chi connectivity index (χ1n) is 6.14. The van der Waals surface area contributed by atoms with Gasteiger partial charge in [-0.3, -0.25) is 11.3 Å². The summed E-state index contributed by atoms with van der Waals surface area (Å²) in [4.78, 5) is 0. The molecular weight excluding hydrogens is 255 g/mol. The zero-order chi connectivity index (χ0) is 13.1. The number of hydrazine groups is 1. The van der Waals surface area contributed by atoms with Crippen LogP contribution in [0.5, 0.6) is 0 Å². The highest BCUT2D eigenvalue weighted by atomic mass is 35.5. The van der Waals surface area contributed by atoms with Gasteiger partial charge in [-0.05, 0) is 31.4 Å². The quantitative estimate of drug-likeness (QED) is 0.653. The van der Waals surface area contributed by atoms with Gasteiger partial charge in [-0.15, -0.1) is 0 Å². The van der Waals surface area contributed by atoms with Gasteiger partial charge in [0.15, 0.2) is 0 Å². The van der Waals surface area contributed by atoms with Gasteiger partial charge in [-0.25, -0.2) is 4.39 Å². The van der Waals surface area contributed by atoms with Gasteiger partial charge in [-0.2, -0.15) is 0 Å². The summed E-state index contributed by atoms with van der Waals surface area (Å²) < 4.78 is 18.9. The highest BCUT2D eigenvalue weighted by Gasteiger charge is 2.31. The molecule has 0 radical (unpaired) electrons. The number of nitrogens with two attached hydrogens (primary N) is 1. The maximum absolute atomic E-state index is 13.4. The fourth-order valence-corrected chi connectivity index (χ4v) is 2.76. The molecule has 2 rings (SSSR count). The van der Waals surface area contributed by atoms with Crippen LogP contribution in [0.3, 0.4) is 0 Å². The van der Waals surface area contributed by atoms with Crippen LogP contribution in [0.1, 0.15) is 18.9 Å². The van der Waals surface area contributed by atoms with Crippen molar-refractivity contribution >= 4 is 11.6 Å². The molecule has 1 fully saturated rings. The van der Waals surface area contributed by atoms with Crippen LogP contribution in [0.15, 0.2) is 18.2 Å². The highest BCUT2D eigenvalue weighted by Crippen LogP contribution is 2.28. The van der Waals surface area contributed by atoms with E-state index in [1.807, 2.05) is 13.0 Å². The van der Waals surface area contributed by atoms with Crippen molar-refractivity contribution < 1.29 is 9.13 Å². The Hall–Kier alpha value is -0.680. The molecule has 0 spiro atoms. The van der Waals surface area contributed by atoms with Crippen molar-refractivity contribution in [2.24, 2.45) is 11.8 Å². The third-order valence-electron chi connectivity index (χ3n) is 3.64. The Morgan fingerprint density at radius 2 is 2.39 bits per heavy atom. The molecule has 100 valence electrons. The van der Waals surface area contributed by atoms with Crippen molar-refractivity contribution in [2.45, 2.75) is 31.9 Å². The number of nitrogens with one attached hydrogen (secondary N) is 1. The molecule has 1 aromatic rings. The van der Waals surface area contributed by atoms with Gasteiger partial charge in [0.1, 0.15) is 5.82 Å². The second-order valence-electron chi connectivity index (χ2n) is 4.72. The minimum absolute atomic E-state index is 0.0433. The normalized spacial score (nSPS) is 25.3. The molecule has 0 aliphatic carbocycles. The van der Waals surface area contributed by atoms with Crippen molar-refractivity contribution in [3.8, 4) is 0 Å². The Balaban J connectivity index is 2.12. The average Bonchev–Trinajstić information content (AvgIpc) is 2.77. The van der Waals surface area contributed by atoms with E-state index in [4.69, 9.17) is 22.2 Å². The fraction of sp³-hybridized carbons (Fsp3) is 0.538. The van der Waals surface area contributed by atoms with Crippen molar-refractivity contribution in [3.05, 3.63) is 34.6 Å². The SMILES string of the molecule is CC1OCCC1C(Cc1cccc(F)c1Cl)NN. The molecule has 3 N–H and O–H groups in total. The van der Waals surface area contributed by atoms with E-state index in [1.54, 1.807) is 6.07 Å². The van der Waals surface area contributed by atoms with Gasteiger partial charge in [-0.1, -0.05) is 23.7 Å². The summed E-state index contributed by atoms with van der Waals surface area (Å²) in [6.45, 7) is 2.79. The Bertz CT molecular complexity index is 416. The third-order valence-corrected chi connectivity index (χ3v) is 4.06. The molecule has 0 bridgehead atoms. The molecule has 3 unspecified atom stereocenters. The predicted octanol–water partition coefficient (Wildman–Crippen LogP) is 2.28. The smallest absolute Gasteiger partial charge is 0.142 e. The lowest BCUT2D eigenvalue weighted by Gasteiger charge is -2.25. The minimum atomic E-state index is -0.388. The van der Waals surface area contributed by atoms with Crippen molar-refractivity contribution in [2.75, 3.05) is 6.61 Å². The molecular formula is C13H18ClFN2O. The van der Waals surface area contributed by atoms with Crippen LogP contribution in [-0.2, 0) is 11.2 Å². The van der Waals surface area contributed by atoms with E-state index in [1.165, 1.54) is 6.07 Å². The van der Waals surface area contributed by atoms with Gasteiger partial charge in [0.25, 0.3) is 0 Å². The molecule has 1 saturated heterocycles. The van der Waals surface area contributed by atoms with Crippen LogP contribution in [-0.4, -0.2) is 18.8 Å². The third kappa shape index (κ3) is 2.83. The number of hydrogen-bond acceptors (Lipinski definition) is 3. The van der Waals surface area contributed by atoms with E-state index in [9.17, 15) is 4.39 Å². The molecule has 0 aromatic heterocycles. The first-order valence-corrected chi connectivity index (χ1v) is 6.52. The largest absolute Gasteiger partial charge is 0.378 e. The highest BCUT2D eigenvalue weighted by molar-refractivity contribution is 6.31. The summed E-state index contributed by atoms with van der Waals surface area (Å²) in [5.74, 6) is 5.55. The molecule has 1 aromatic carbocycles. The lowest BCUT2D eigenvalue weighted by molar-refractivity contribution is 0.0954. The van der Waals surface area contributed by atoms with Gasteiger partial charge in [0.2, 0.25) is 0 Å². The summed E-state index contributed by atoms with van der Waals surface area (Å²) >= 11 is 5.96. The number of benzene rings is 1. The molecule has 5 heteroatoms. The Morgan fingerprint density at radius 3 is 3.00 bits per heavy atom. The van der Waals surface area contributed by atoms with Gasteiger partial charge >= 0.3 is 0 Å². The van der Waals surface area contributed by atoms with E-state index in [0.29, 0.717) is 12.3 Å². The lowest BCUT2D eigenvalue weighted by atomic mass is 9.89. The summed E-state index contributed by atoms with van der Waals surface area (Å²) in [5, 5.41) is 0.185. The van der Waals surface area contributed by atoms with E-state index in [2.05, 4.69) is 5.43 Å². The summed E-state index contributed by atoms with van der Waals surface area (Å²) in [5.41, 5.74) is 3.59. The molecule has 18 heavy (non-hydrogen) atoms. The molecule has 1 heterocycles. The van der Waals surface area contributed by atoms with Gasteiger partial charge in [0.05, 0.1) is 11.1 Å². The van der Waals surface area contributed by atoms with E-state index in [0.717, 1.165) is 18.6 Å². The fourth-order valence-electron chi connectivity index (χ4n) is 2.55. The van der Waals surface area contributed by atoms with Crippen LogP contribution in [0.4, 0.5) is 4.39 Å². The van der Waals surface area contributed by atoms with Crippen molar-refractivity contribution in [1.29, 1.82) is 0 Å². The molecule has 1 aliphatic rings. The maximum atomic E-state index is 13.4. The predicted molar refractivity (Wildman–Crippen MR) is 69.7 cm³/mol. The Kier molecular flexibility index (Phi) is 4.56. The zero-order valence-electron chi connectivity index (χ0n) is 10.3. The molecule has 0 amide bonds. The second kappa shape index (κ2) is 5.97. The minimum Gasteiger partial charge on any atom is -0.378 e. The zero-order valence-corrected chi connectivity index (χ0v) is 11.1. The van der Waals surface area contributed by atoms with E-state index < -0.39 is 0 Å². The summed E-state index contributed by atoms with van der Waals surface area (Å²) in [7, 11) is 0. The van der Waals surface area contributed by atoms with E-state index >= 15 is 0 Å². The van der Waals surface area contributed by atoms with Crippen molar-refractivity contribution in [3.63, 3.8) is 0 Å². The second-order valence-corrected chi connectivity index (χ2v) is 5.10. The Morgan fingerprint density at radius 1 is 1.61 bits per heavy atom. The summed E-state index contributed by atoms with van der Waals surface area (Å²) in [6, 6.07) is 4.90. The molecule has 3 nitrogen and oxygen atoms in total. The molecule has 3 atom stereocenters. The summed E-state index contributed by atoms with van der Waals surface area (Å²) in [6.07, 6.45) is 1.73. The van der Waals surface area contributed by atoms with Gasteiger partial charge < -0.3 is 4.74 Å². The topological polar surface area (TPSA) is 47.3 Å². The number of ether oxygens (including phenoxy) is 1. The van der Waals surface area contributed by atoms with Crippen LogP contribution in [0.25, 0.3) is 0 Å². The average molecular weight is 273 g/mol. The lowest BCUT2D eigenvalue weighted by Crippen LogP contribution is -2.44. The number of halogens is 2. The van der Waals surface area contributed by atoms with Crippen LogP contribution >= 0.6 is 11.6 Å². The van der Waals surface area contributed by atoms with Crippen LogP contribution in [0.2, 0.25) is 5.02 Å². The first-order chi connectivity index (χ1) is 8.63. The van der Waals surface area contributed by atoms with E-state index in [-0.39, 0.29) is 23.0 Å². The standard InChI is InChI=1S/C13H18ClFN2O/c1-8-10(5-6-18-8)12(17-16)7-9-3-2-4-11(15)13(9)14/h2-4,8,10,12,17H,5-7,16H2,1H3.